The third-order valence-electron chi connectivity index (χ3n) is 13.7. The van der Waals surface area contributed by atoms with Crippen molar-refractivity contribution in [1.82, 2.24) is 15.0 Å². The van der Waals surface area contributed by atoms with E-state index in [1.54, 1.807) is 0 Å². The molecule has 0 bridgehead atoms. The molecular formula is C62H37IN5O-. The van der Waals surface area contributed by atoms with E-state index in [2.05, 4.69) is 162 Å². The summed E-state index contributed by atoms with van der Waals surface area (Å²) in [5, 5.41) is 2.04. The number of hydrogen-bond donors (Lipinski definition) is 0. The van der Waals surface area contributed by atoms with E-state index in [1.165, 1.54) is 33.4 Å². The molecule has 1 aliphatic heterocycles. The third-order valence-corrected chi connectivity index (χ3v) is 16.0. The van der Waals surface area contributed by atoms with Crippen LogP contribution >= 0.6 is 0 Å². The Labute approximate surface area is 408 Å². The van der Waals surface area contributed by atoms with Gasteiger partial charge in [0.15, 0.2) is 17.5 Å². The number of nitrogens with zero attached hydrogens (tertiary/aromatic N) is 5. The van der Waals surface area contributed by atoms with Crippen molar-refractivity contribution >= 4 is 37.2 Å². The Morgan fingerprint density at radius 2 is 0.913 bits per heavy atom. The van der Waals surface area contributed by atoms with Gasteiger partial charge in [-0.15, -0.1) is 0 Å². The van der Waals surface area contributed by atoms with E-state index < -0.39 is 26.6 Å². The Morgan fingerprint density at radius 1 is 0.362 bits per heavy atom. The van der Waals surface area contributed by atoms with Crippen LogP contribution in [-0.2, 0) is 5.41 Å². The molecule has 9 aromatic carbocycles. The normalized spacial score (nSPS) is 15.6. The van der Waals surface area contributed by atoms with Crippen molar-refractivity contribution in [2.75, 3.05) is 0 Å². The second kappa shape index (κ2) is 15.9. The van der Waals surface area contributed by atoms with Crippen LogP contribution in [0.25, 0.3) is 84.1 Å². The predicted molar refractivity (Wildman–Crippen MR) is 274 cm³/mol. The van der Waals surface area contributed by atoms with Gasteiger partial charge in [0, 0.05) is 11.1 Å². The van der Waals surface area contributed by atoms with Crippen molar-refractivity contribution in [3.8, 4) is 56.4 Å². The minimum atomic E-state index is -0.643. The molecule has 11 aromatic rings. The number of halogens is 1. The molecule has 0 saturated carbocycles. The van der Waals surface area contributed by atoms with Gasteiger partial charge in [0.25, 0.3) is 0 Å². The molecule has 0 fully saturated rings. The topological polar surface area (TPSA) is 76.5 Å². The van der Waals surface area contributed by atoms with Crippen LogP contribution in [0.5, 0.6) is 0 Å². The van der Waals surface area contributed by atoms with Crippen LogP contribution in [0.3, 0.4) is 0 Å². The fourth-order valence-corrected chi connectivity index (χ4v) is 12.8. The van der Waals surface area contributed by atoms with E-state index in [4.69, 9.17) is 29.4 Å². The first kappa shape index (κ1) is 39.7. The zero-order valence-corrected chi connectivity index (χ0v) is 39.0. The number of amidine groups is 1. The first-order valence-electron chi connectivity index (χ1n) is 23.0. The number of rotatable bonds is 6. The summed E-state index contributed by atoms with van der Waals surface area (Å²) in [6.45, 7) is 0. The predicted octanol–water partition coefficient (Wildman–Crippen LogP) is 11.4. The first-order chi connectivity index (χ1) is 34.2. The molecule has 3 heterocycles. The average molecular weight is 995 g/mol. The summed E-state index contributed by atoms with van der Waals surface area (Å²) in [4.78, 5) is 26.1. The van der Waals surface area contributed by atoms with Gasteiger partial charge in [-0.05, 0) is 6.07 Å². The number of aromatic nitrogens is 3. The van der Waals surface area contributed by atoms with Crippen LogP contribution in [0.4, 0.5) is 0 Å². The number of aliphatic imine (C=N–C) groups is 2. The summed E-state index contributed by atoms with van der Waals surface area (Å²) in [7, 11) is 0. The van der Waals surface area contributed by atoms with E-state index >= 15 is 0 Å². The molecule has 0 N–H and O–H groups in total. The molecule has 7 heteroatoms. The first-order valence-corrected chi connectivity index (χ1v) is 25.4. The van der Waals surface area contributed by atoms with Crippen LogP contribution in [0, 0.1) is 0 Å². The second-order valence-corrected chi connectivity index (χ2v) is 19.7. The van der Waals surface area contributed by atoms with Crippen LogP contribution in [0.2, 0.25) is 0 Å². The monoisotopic (exact) mass is 994 g/mol. The molecule has 2 aromatic heterocycles. The van der Waals surface area contributed by atoms with Gasteiger partial charge in [-0.2, -0.15) is 0 Å². The number of furan rings is 1. The number of fused-ring (bicyclic) bond motifs is 14. The van der Waals surface area contributed by atoms with E-state index in [9.17, 15) is 0 Å². The molecule has 3 aliphatic rings. The SMILES string of the molecule is C1=C(c2ccccc2)N=C(c2ccc3c(c2)C2(c4ccccc4-3)c3ccccc3-c3c2ccc2c3oc3c(-c4nc(-c5ccccc5)nc(-c5ccccc5)n4)cccc32)N=C(c2ccccc2)[I-]1. The van der Waals surface area contributed by atoms with Gasteiger partial charge >= 0.3 is 283 Å². The Kier molecular flexibility index (Phi) is 9.13. The van der Waals surface area contributed by atoms with Crippen LogP contribution in [0.15, 0.2) is 237 Å². The van der Waals surface area contributed by atoms with Crippen LogP contribution < -0.4 is 21.2 Å². The fourth-order valence-electron chi connectivity index (χ4n) is 10.7. The third kappa shape index (κ3) is 6.20. The molecule has 0 saturated heterocycles. The fraction of sp³-hybridized carbons (Fsp3) is 0.0161. The van der Waals surface area contributed by atoms with Crippen LogP contribution in [-0.4, -0.2) is 24.5 Å². The summed E-state index contributed by atoms with van der Waals surface area (Å²) in [6.07, 6.45) is 0. The molecule has 324 valence electrons. The Bertz CT molecular complexity index is 3920. The summed E-state index contributed by atoms with van der Waals surface area (Å²) in [5.74, 6) is 2.48. The zero-order chi connectivity index (χ0) is 45.5. The van der Waals surface area contributed by atoms with Crippen molar-refractivity contribution in [3.63, 3.8) is 0 Å². The maximum absolute atomic E-state index is 7.31. The average Bonchev–Trinajstić information content (AvgIpc) is 3.98. The summed E-state index contributed by atoms with van der Waals surface area (Å²) in [6, 6.07) is 76.8. The van der Waals surface area contributed by atoms with Crippen LogP contribution in [0.1, 0.15) is 38.9 Å². The maximum atomic E-state index is 7.31. The molecular weight excluding hydrogens is 958 g/mol. The van der Waals surface area contributed by atoms with Crippen molar-refractivity contribution in [3.05, 3.63) is 261 Å². The quantitative estimate of drug-likeness (QED) is 0.156. The summed E-state index contributed by atoms with van der Waals surface area (Å²) >= 11 is -0.591. The van der Waals surface area contributed by atoms with E-state index in [0.717, 1.165) is 75.9 Å². The van der Waals surface area contributed by atoms with Gasteiger partial charge < -0.3 is 0 Å². The Morgan fingerprint density at radius 3 is 1.61 bits per heavy atom. The van der Waals surface area contributed by atoms with E-state index in [-0.39, 0.29) is 0 Å². The Balaban J connectivity index is 0.991. The minimum absolute atomic E-state index is 0.555. The number of hydrogen-bond acceptors (Lipinski definition) is 6. The van der Waals surface area contributed by atoms with Gasteiger partial charge in [-0.1, -0.05) is 72.8 Å². The standard InChI is InChI=1S/C62H37IN5O/c1-5-18-38(19-6-1)53-37-63-57(39-20-7-2-8-21-39)65-60(64-53)42-32-33-44-43-26-13-15-30-49(43)62(52(44)36-42)50-31-16-14-27-47(50)54-51(62)35-34-46-45-28-17-29-48(55(45)69-56(46)54)61-67-58(40-22-9-3-10-23-40)66-59(68-61)41-24-11-4-12-25-41/h1-37H/q-1. The van der Waals surface area contributed by atoms with Gasteiger partial charge in [0.2, 0.25) is 0 Å². The molecule has 0 radical (unpaired) electrons. The van der Waals surface area contributed by atoms with Gasteiger partial charge in [0.05, 0.1) is 5.56 Å². The van der Waals surface area contributed by atoms with E-state index in [0.29, 0.717) is 23.3 Å². The summed E-state index contributed by atoms with van der Waals surface area (Å²) in [5.41, 5.74) is 17.3. The molecule has 1 atom stereocenters. The molecule has 14 rings (SSSR count). The number of para-hydroxylation sites is 1. The zero-order valence-electron chi connectivity index (χ0n) is 36.9. The van der Waals surface area contributed by atoms with Gasteiger partial charge in [0.1, 0.15) is 0 Å². The molecule has 0 amide bonds. The van der Waals surface area contributed by atoms with Gasteiger partial charge in [-0.3, -0.25) is 0 Å². The molecule has 1 spiro atoms. The van der Waals surface area contributed by atoms with Crippen molar-refractivity contribution < 1.29 is 25.6 Å². The second-order valence-electron chi connectivity index (χ2n) is 17.5. The van der Waals surface area contributed by atoms with Gasteiger partial charge in [-0.25, -0.2) is 15.0 Å². The Hall–Kier alpha value is -8.40. The van der Waals surface area contributed by atoms with Crippen molar-refractivity contribution in [1.29, 1.82) is 0 Å². The summed E-state index contributed by atoms with van der Waals surface area (Å²) < 4.78 is 10.7. The van der Waals surface area contributed by atoms with E-state index in [1.807, 2.05) is 60.7 Å². The molecule has 2 aliphatic carbocycles. The van der Waals surface area contributed by atoms with Crippen molar-refractivity contribution in [2.24, 2.45) is 9.98 Å². The molecule has 6 nitrogen and oxygen atoms in total. The molecule has 1 unspecified atom stereocenters. The number of benzene rings is 9. The molecule has 69 heavy (non-hydrogen) atoms. The van der Waals surface area contributed by atoms with Crippen molar-refractivity contribution in [2.45, 2.75) is 5.41 Å².